The largest absolute Gasteiger partial charge is 0.376 e. The molecule has 2 rings (SSSR count). The molecule has 130 valence electrons. The van der Waals surface area contributed by atoms with Crippen molar-refractivity contribution in [2.75, 3.05) is 37.3 Å². The third-order valence-electron chi connectivity index (χ3n) is 4.21. The summed E-state index contributed by atoms with van der Waals surface area (Å²) in [5.74, 6) is 1.80. The van der Waals surface area contributed by atoms with Crippen LogP contribution in [0.4, 0.5) is 11.9 Å². The summed E-state index contributed by atoms with van der Waals surface area (Å²) in [4.78, 5) is 19.2. The minimum Gasteiger partial charge on any atom is -0.376 e. The minimum atomic E-state index is -0.423. The molecule has 0 bridgehead atoms. The molecule has 0 unspecified atom stereocenters. The van der Waals surface area contributed by atoms with Crippen LogP contribution in [0.3, 0.4) is 0 Å². The maximum absolute atomic E-state index is 9.35. The first-order valence-corrected chi connectivity index (χ1v) is 7.78. The van der Waals surface area contributed by atoms with Crippen LogP contribution in [0, 0.1) is 5.92 Å². The lowest BCUT2D eigenvalue weighted by molar-refractivity contribution is 0.0969. The van der Waals surface area contributed by atoms with Crippen LogP contribution in [-0.4, -0.2) is 57.6 Å². The van der Waals surface area contributed by atoms with Gasteiger partial charge in [0.15, 0.2) is 0 Å². The van der Waals surface area contributed by atoms with E-state index in [1.165, 1.54) is 12.0 Å². The molecular formula is C14H25N5O4. The van der Waals surface area contributed by atoms with Crippen LogP contribution >= 0.6 is 0 Å². The lowest BCUT2D eigenvalue weighted by atomic mass is 9.82. The average molecular weight is 327 g/mol. The van der Waals surface area contributed by atoms with Gasteiger partial charge in [-0.2, -0.15) is 20.0 Å². The van der Waals surface area contributed by atoms with Crippen LogP contribution < -0.4 is 9.96 Å². The Morgan fingerprint density at radius 3 is 2.09 bits per heavy atom. The maximum Gasteiger partial charge on any atom is 0.257 e. The quantitative estimate of drug-likeness (QED) is 0.477. The van der Waals surface area contributed by atoms with Crippen LogP contribution in [0.5, 0.6) is 0 Å². The molecule has 3 N–H and O–H groups in total. The van der Waals surface area contributed by atoms with E-state index in [4.69, 9.17) is 4.84 Å². The Bertz CT molecular complexity index is 458. The topological polar surface area (TPSA) is 115 Å². The first-order valence-electron chi connectivity index (χ1n) is 7.78. The number of aromatic nitrogens is 3. The Hall–Kier alpha value is -1.55. The molecule has 9 heteroatoms. The molecule has 9 nitrogen and oxygen atoms in total. The average Bonchev–Trinajstić information content (AvgIpc) is 2.57. The summed E-state index contributed by atoms with van der Waals surface area (Å²) in [6.07, 6.45) is 4.18. The van der Waals surface area contributed by atoms with Gasteiger partial charge < -0.3 is 15.3 Å². The van der Waals surface area contributed by atoms with Crippen molar-refractivity contribution >= 4 is 11.9 Å². The zero-order chi connectivity index (χ0) is 16.8. The van der Waals surface area contributed by atoms with Crippen LogP contribution in [0.1, 0.15) is 44.3 Å². The highest BCUT2D eigenvalue weighted by molar-refractivity contribution is 5.37. The number of anilines is 2. The van der Waals surface area contributed by atoms with Crippen LogP contribution in [-0.2, 0) is 4.84 Å². The molecule has 1 aromatic heterocycles. The summed E-state index contributed by atoms with van der Waals surface area (Å²) < 4.78 is 0. The summed E-state index contributed by atoms with van der Waals surface area (Å²) in [7, 11) is 1.40. The lowest BCUT2D eigenvalue weighted by Gasteiger charge is -2.27. The number of aliphatic hydroxyl groups is 3. The molecule has 0 spiro atoms. The van der Waals surface area contributed by atoms with E-state index < -0.39 is 20.2 Å². The van der Waals surface area contributed by atoms with Gasteiger partial charge in [-0.1, -0.05) is 19.8 Å². The molecule has 1 saturated carbocycles. The van der Waals surface area contributed by atoms with E-state index >= 15 is 0 Å². The third kappa shape index (κ3) is 4.25. The van der Waals surface area contributed by atoms with Gasteiger partial charge in [0, 0.05) is 5.92 Å². The molecule has 1 aromatic rings. The van der Waals surface area contributed by atoms with Crippen LogP contribution in [0.2, 0.25) is 0 Å². The predicted molar refractivity (Wildman–Crippen MR) is 83.4 cm³/mol. The van der Waals surface area contributed by atoms with E-state index in [1.807, 2.05) is 0 Å². The predicted octanol–water partition coefficient (Wildman–Crippen LogP) is 0.189. The van der Waals surface area contributed by atoms with Crippen molar-refractivity contribution in [3.8, 4) is 0 Å². The maximum atomic E-state index is 9.35. The molecule has 0 radical (unpaired) electrons. The first kappa shape index (κ1) is 17.8. The van der Waals surface area contributed by atoms with E-state index in [9.17, 15) is 15.3 Å². The highest BCUT2D eigenvalue weighted by atomic mass is 16.7. The van der Waals surface area contributed by atoms with Gasteiger partial charge in [-0.3, -0.25) is 9.74 Å². The number of hydrogen-bond acceptors (Lipinski definition) is 9. The number of rotatable bonds is 7. The highest BCUT2D eigenvalue weighted by Gasteiger charge is 2.25. The number of nitrogens with zero attached hydrogens (tertiary/aromatic N) is 5. The molecule has 1 fully saturated rings. The molecule has 23 heavy (non-hydrogen) atoms. The van der Waals surface area contributed by atoms with E-state index in [2.05, 4.69) is 21.9 Å². The Morgan fingerprint density at radius 1 is 0.957 bits per heavy atom. The van der Waals surface area contributed by atoms with Gasteiger partial charge >= 0.3 is 0 Å². The molecule has 0 amide bonds. The lowest BCUT2D eigenvalue weighted by Crippen LogP contribution is -2.31. The first-order chi connectivity index (χ1) is 11.1. The second-order valence-electron chi connectivity index (χ2n) is 5.78. The van der Waals surface area contributed by atoms with Crippen molar-refractivity contribution in [3.05, 3.63) is 5.82 Å². The van der Waals surface area contributed by atoms with Crippen molar-refractivity contribution in [3.63, 3.8) is 0 Å². The number of hydrogen-bond donors (Lipinski definition) is 3. The second-order valence-corrected chi connectivity index (χ2v) is 5.78. The molecule has 1 heterocycles. The van der Waals surface area contributed by atoms with Crippen LogP contribution in [0.15, 0.2) is 0 Å². The Balaban J connectivity index is 2.35. The second kappa shape index (κ2) is 8.34. The van der Waals surface area contributed by atoms with Crippen molar-refractivity contribution in [1.29, 1.82) is 0 Å². The molecule has 0 saturated heterocycles. The summed E-state index contributed by atoms with van der Waals surface area (Å²) in [5.41, 5.74) is 0. The third-order valence-corrected chi connectivity index (χ3v) is 4.21. The zero-order valence-electron chi connectivity index (χ0n) is 13.6. The number of aliphatic hydroxyl groups excluding tert-OH is 3. The molecule has 0 aromatic carbocycles. The van der Waals surface area contributed by atoms with E-state index in [1.54, 1.807) is 0 Å². The summed E-state index contributed by atoms with van der Waals surface area (Å²) >= 11 is 0. The summed E-state index contributed by atoms with van der Waals surface area (Å²) in [6, 6.07) is 0. The van der Waals surface area contributed by atoms with Gasteiger partial charge in [-0.25, -0.2) is 0 Å². The molecule has 1 aliphatic rings. The fourth-order valence-corrected chi connectivity index (χ4v) is 2.70. The van der Waals surface area contributed by atoms with Gasteiger partial charge in [0.1, 0.15) is 26.0 Å². The van der Waals surface area contributed by atoms with E-state index in [-0.39, 0.29) is 17.8 Å². The van der Waals surface area contributed by atoms with Crippen LogP contribution in [0.25, 0.3) is 0 Å². The summed E-state index contributed by atoms with van der Waals surface area (Å²) in [6.45, 7) is 0.970. The Morgan fingerprint density at radius 2 is 1.57 bits per heavy atom. The van der Waals surface area contributed by atoms with E-state index in [0.717, 1.165) is 30.7 Å². The zero-order valence-corrected chi connectivity index (χ0v) is 13.6. The fourth-order valence-electron chi connectivity index (χ4n) is 2.70. The highest BCUT2D eigenvalue weighted by Crippen LogP contribution is 2.34. The molecule has 1 aliphatic carbocycles. The van der Waals surface area contributed by atoms with Crippen molar-refractivity contribution in [1.82, 2.24) is 15.0 Å². The van der Waals surface area contributed by atoms with Crippen molar-refractivity contribution in [2.45, 2.75) is 38.5 Å². The molecule has 0 atom stereocenters. The standard InChI is InChI=1S/C14H25N5O4/c1-10-3-5-11(6-4-10)12-15-13(18(7-20)8-21)17-14(16-12)19(9-22)23-2/h10-11,20-22H,3-9H2,1-2H3. The van der Waals surface area contributed by atoms with Gasteiger partial charge in [-0.15, -0.1) is 0 Å². The Kier molecular flexibility index (Phi) is 6.46. The van der Waals surface area contributed by atoms with Gasteiger partial charge in [-0.05, 0) is 18.8 Å². The molecule has 0 aliphatic heterocycles. The van der Waals surface area contributed by atoms with Crippen molar-refractivity contribution in [2.24, 2.45) is 5.92 Å². The normalized spacial score (nSPS) is 21.3. The smallest absolute Gasteiger partial charge is 0.257 e. The Labute approximate surface area is 135 Å². The SMILES string of the molecule is CON(CO)c1nc(C2CCC(C)CC2)nc(N(CO)CO)n1. The van der Waals surface area contributed by atoms with Gasteiger partial charge in [0.25, 0.3) is 5.95 Å². The molecular weight excluding hydrogens is 302 g/mol. The van der Waals surface area contributed by atoms with Gasteiger partial charge in [0.2, 0.25) is 5.95 Å². The van der Waals surface area contributed by atoms with Gasteiger partial charge in [0.05, 0.1) is 7.11 Å². The van der Waals surface area contributed by atoms with E-state index in [0.29, 0.717) is 11.7 Å². The fraction of sp³-hybridized carbons (Fsp3) is 0.786. The monoisotopic (exact) mass is 327 g/mol. The number of hydroxylamine groups is 1. The minimum absolute atomic E-state index is 0.153. The summed E-state index contributed by atoms with van der Waals surface area (Å²) in [5, 5.41) is 29.1. The van der Waals surface area contributed by atoms with Crippen molar-refractivity contribution < 1.29 is 20.2 Å².